The molecule has 0 fully saturated rings. The molecule has 0 bridgehead atoms. The average Bonchev–Trinajstić information content (AvgIpc) is 2.37. The summed E-state index contributed by atoms with van der Waals surface area (Å²) in [5.74, 6) is -0.514. The van der Waals surface area contributed by atoms with E-state index in [1.807, 2.05) is 20.8 Å². The first-order valence-electron chi connectivity index (χ1n) is 6.49. The van der Waals surface area contributed by atoms with E-state index in [4.69, 9.17) is 16.2 Å². The van der Waals surface area contributed by atoms with E-state index in [0.717, 1.165) is 0 Å². The number of hydrogen-bond donors (Lipinski definition) is 3. The molecule has 1 rings (SSSR count). The lowest BCUT2D eigenvalue weighted by atomic mass is 10.0. The van der Waals surface area contributed by atoms with Crippen molar-refractivity contribution in [1.82, 2.24) is 5.32 Å². The Morgan fingerprint density at radius 2 is 2.00 bits per heavy atom. The lowest BCUT2D eigenvalue weighted by Gasteiger charge is -2.19. The third-order valence-electron chi connectivity index (χ3n) is 2.83. The zero-order valence-electron chi connectivity index (χ0n) is 12.0. The summed E-state index contributed by atoms with van der Waals surface area (Å²) in [5.41, 5.74) is 11.8. The second-order valence-corrected chi connectivity index (χ2v) is 4.78. The van der Waals surface area contributed by atoms with E-state index in [1.165, 1.54) is 6.07 Å². The summed E-state index contributed by atoms with van der Waals surface area (Å²) < 4.78 is 5.30. The molecule has 20 heavy (non-hydrogen) atoms. The van der Waals surface area contributed by atoms with Gasteiger partial charge in [-0.3, -0.25) is 9.59 Å². The van der Waals surface area contributed by atoms with Crippen molar-refractivity contribution in [2.24, 2.45) is 11.7 Å². The number of nitrogens with two attached hydrogens (primary N) is 2. The summed E-state index contributed by atoms with van der Waals surface area (Å²) in [6.45, 7) is 5.96. The van der Waals surface area contributed by atoms with Crippen molar-refractivity contribution >= 4 is 17.5 Å². The second kappa shape index (κ2) is 6.79. The summed E-state index contributed by atoms with van der Waals surface area (Å²) >= 11 is 0. The molecule has 0 aromatic heterocycles. The van der Waals surface area contributed by atoms with Crippen LogP contribution in [0.5, 0.6) is 5.75 Å². The van der Waals surface area contributed by atoms with Crippen LogP contribution >= 0.6 is 0 Å². The molecular formula is C14H21N3O3. The predicted molar refractivity (Wildman–Crippen MR) is 77.3 cm³/mol. The van der Waals surface area contributed by atoms with Gasteiger partial charge >= 0.3 is 0 Å². The Labute approximate surface area is 118 Å². The van der Waals surface area contributed by atoms with E-state index in [0.29, 0.717) is 23.6 Å². The van der Waals surface area contributed by atoms with Gasteiger partial charge < -0.3 is 21.5 Å². The Bertz CT molecular complexity index is 500. The standard InChI is InChI=1S/C14H21N3O3/c1-4-20-11-6-5-9(7-10(11)15)14(19)17-12(8(2)3)13(16)18/h5-8,12H,4,15H2,1-3H3,(H2,16,18)(H,17,19). The third kappa shape index (κ3) is 3.88. The number of nitrogens with one attached hydrogen (secondary N) is 1. The van der Waals surface area contributed by atoms with Crippen molar-refractivity contribution in [2.75, 3.05) is 12.3 Å². The monoisotopic (exact) mass is 279 g/mol. The highest BCUT2D eigenvalue weighted by atomic mass is 16.5. The van der Waals surface area contributed by atoms with Crippen molar-refractivity contribution < 1.29 is 14.3 Å². The van der Waals surface area contributed by atoms with E-state index in [-0.39, 0.29) is 5.92 Å². The van der Waals surface area contributed by atoms with Gasteiger partial charge in [-0.15, -0.1) is 0 Å². The summed E-state index contributed by atoms with van der Waals surface area (Å²) in [4.78, 5) is 23.3. The van der Waals surface area contributed by atoms with E-state index >= 15 is 0 Å². The fourth-order valence-electron chi connectivity index (χ4n) is 1.77. The Morgan fingerprint density at radius 3 is 2.45 bits per heavy atom. The molecule has 1 aromatic rings. The number of primary amides is 1. The number of ether oxygens (including phenoxy) is 1. The van der Waals surface area contributed by atoms with Crippen LogP contribution in [0.25, 0.3) is 0 Å². The SMILES string of the molecule is CCOc1ccc(C(=O)NC(C(N)=O)C(C)C)cc1N. The molecule has 0 aliphatic rings. The van der Waals surface area contributed by atoms with Gasteiger partial charge in [0.05, 0.1) is 12.3 Å². The van der Waals surface area contributed by atoms with Gasteiger partial charge in [0.25, 0.3) is 5.91 Å². The van der Waals surface area contributed by atoms with Crippen LogP contribution in [-0.2, 0) is 4.79 Å². The van der Waals surface area contributed by atoms with E-state index in [9.17, 15) is 9.59 Å². The maximum atomic E-state index is 12.1. The Balaban J connectivity index is 2.87. The second-order valence-electron chi connectivity index (χ2n) is 4.78. The minimum atomic E-state index is -0.713. The predicted octanol–water partition coefficient (Wildman–Crippen LogP) is 0.907. The number of benzene rings is 1. The molecule has 5 N–H and O–H groups in total. The number of nitrogen functional groups attached to an aromatic ring is 1. The Kier molecular flexibility index (Phi) is 5.37. The molecule has 0 saturated heterocycles. The first kappa shape index (κ1) is 15.8. The highest BCUT2D eigenvalue weighted by molar-refractivity contribution is 5.98. The molecule has 1 unspecified atom stereocenters. The maximum absolute atomic E-state index is 12.1. The van der Waals surface area contributed by atoms with Crippen LogP contribution in [0.4, 0.5) is 5.69 Å². The van der Waals surface area contributed by atoms with Crippen molar-refractivity contribution in [1.29, 1.82) is 0 Å². The van der Waals surface area contributed by atoms with Crippen LogP contribution in [-0.4, -0.2) is 24.5 Å². The number of amides is 2. The topological polar surface area (TPSA) is 107 Å². The average molecular weight is 279 g/mol. The molecule has 0 radical (unpaired) electrons. The summed E-state index contributed by atoms with van der Waals surface area (Å²) in [6.07, 6.45) is 0. The van der Waals surface area contributed by atoms with Gasteiger partial charge in [0.15, 0.2) is 0 Å². The van der Waals surface area contributed by atoms with Crippen molar-refractivity contribution in [2.45, 2.75) is 26.8 Å². The van der Waals surface area contributed by atoms with E-state index in [1.54, 1.807) is 12.1 Å². The molecule has 0 aliphatic heterocycles. The van der Waals surface area contributed by atoms with Crippen LogP contribution < -0.4 is 21.5 Å². The van der Waals surface area contributed by atoms with Crippen molar-refractivity contribution in [3.05, 3.63) is 23.8 Å². The number of rotatable bonds is 6. The lowest BCUT2D eigenvalue weighted by Crippen LogP contribution is -2.47. The normalized spacial score (nSPS) is 12.0. The molecule has 6 heteroatoms. The summed E-state index contributed by atoms with van der Waals surface area (Å²) in [7, 11) is 0. The lowest BCUT2D eigenvalue weighted by molar-refractivity contribution is -0.120. The van der Waals surface area contributed by atoms with Gasteiger partial charge in [0, 0.05) is 5.56 Å². The van der Waals surface area contributed by atoms with E-state index in [2.05, 4.69) is 5.32 Å². The highest BCUT2D eigenvalue weighted by Crippen LogP contribution is 2.22. The fourth-order valence-corrected chi connectivity index (χ4v) is 1.77. The number of carbonyl (C=O) groups excluding carboxylic acids is 2. The van der Waals surface area contributed by atoms with Gasteiger partial charge in [-0.05, 0) is 31.0 Å². The zero-order chi connectivity index (χ0) is 15.3. The zero-order valence-corrected chi connectivity index (χ0v) is 12.0. The highest BCUT2D eigenvalue weighted by Gasteiger charge is 2.22. The Morgan fingerprint density at radius 1 is 1.35 bits per heavy atom. The van der Waals surface area contributed by atoms with Gasteiger partial charge in [-0.25, -0.2) is 0 Å². The molecule has 0 spiro atoms. The molecule has 0 aliphatic carbocycles. The molecule has 0 saturated carbocycles. The van der Waals surface area contributed by atoms with Crippen LogP contribution in [0.3, 0.4) is 0 Å². The quantitative estimate of drug-likeness (QED) is 0.672. The summed E-state index contributed by atoms with van der Waals surface area (Å²) in [6, 6.07) is 4.02. The van der Waals surface area contributed by atoms with Gasteiger partial charge in [0.2, 0.25) is 5.91 Å². The summed E-state index contributed by atoms with van der Waals surface area (Å²) in [5, 5.41) is 2.60. The van der Waals surface area contributed by atoms with Crippen molar-refractivity contribution in [3.8, 4) is 5.75 Å². The molecule has 110 valence electrons. The van der Waals surface area contributed by atoms with Crippen LogP contribution in [0, 0.1) is 5.92 Å². The fraction of sp³-hybridized carbons (Fsp3) is 0.429. The Hall–Kier alpha value is -2.24. The minimum Gasteiger partial charge on any atom is -0.492 e. The van der Waals surface area contributed by atoms with E-state index < -0.39 is 17.9 Å². The van der Waals surface area contributed by atoms with Crippen LogP contribution in [0.15, 0.2) is 18.2 Å². The largest absolute Gasteiger partial charge is 0.492 e. The number of hydrogen-bond acceptors (Lipinski definition) is 4. The third-order valence-corrected chi connectivity index (χ3v) is 2.83. The number of anilines is 1. The molecule has 1 aromatic carbocycles. The maximum Gasteiger partial charge on any atom is 0.252 e. The van der Waals surface area contributed by atoms with Gasteiger partial charge in [-0.2, -0.15) is 0 Å². The molecule has 1 atom stereocenters. The smallest absolute Gasteiger partial charge is 0.252 e. The van der Waals surface area contributed by atoms with Crippen LogP contribution in [0.1, 0.15) is 31.1 Å². The number of carbonyl (C=O) groups is 2. The van der Waals surface area contributed by atoms with Crippen LogP contribution in [0.2, 0.25) is 0 Å². The van der Waals surface area contributed by atoms with Crippen molar-refractivity contribution in [3.63, 3.8) is 0 Å². The minimum absolute atomic E-state index is 0.0866. The first-order chi connectivity index (χ1) is 9.36. The van der Waals surface area contributed by atoms with Gasteiger partial charge in [0.1, 0.15) is 11.8 Å². The van der Waals surface area contributed by atoms with Gasteiger partial charge in [-0.1, -0.05) is 13.8 Å². The molecule has 6 nitrogen and oxygen atoms in total. The molecular weight excluding hydrogens is 258 g/mol. The molecule has 0 heterocycles. The molecule has 2 amide bonds. The first-order valence-corrected chi connectivity index (χ1v) is 6.49.